The number of amides is 1. The molecule has 27 heavy (non-hydrogen) atoms. The first-order valence-electron chi connectivity index (χ1n) is 8.14. The third-order valence-corrected chi connectivity index (χ3v) is 3.49. The van der Waals surface area contributed by atoms with Gasteiger partial charge in [0.15, 0.2) is 18.1 Å². The molecule has 6 nitrogen and oxygen atoms in total. The summed E-state index contributed by atoms with van der Waals surface area (Å²) in [5.41, 5.74) is 0.946. The summed E-state index contributed by atoms with van der Waals surface area (Å²) in [6, 6.07) is 14.4. The van der Waals surface area contributed by atoms with Crippen LogP contribution in [0, 0.1) is 0 Å². The lowest BCUT2D eigenvalue weighted by molar-refractivity contribution is -0.143. The minimum atomic E-state index is -2.85. The molecule has 2 rings (SSSR count). The van der Waals surface area contributed by atoms with Gasteiger partial charge >= 0.3 is 5.97 Å². The first-order valence-corrected chi connectivity index (χ1v) is 8.14. The predicted molar refractivity (Wildman–Crippen MR) is 92.9 cm³/mol. The van der Waals surface area contributed by atoms with E-state index >= 15 is 0 Å². The fraction of sp³-hybridized carbons (Fsp3) is 0.263. The molecule has 0 aliphatic carbocycles. The largest absolute Gasteiger partial charge is 0.485 e. The van der Waals surface area contributed by atoms with Crippen LogP contribution in [0.5, 0.6) is 11.5 Å². The molecule has 0 bridgehead atoms. The van der Waals surface area contributed by atoms with Crippen molar-refractivity contribution < 1.29 is 33.0 Å². The van der Waals surface area contributed by atoms with Crippen molar-refractivity contribution in [2.45, 2.75) is 25.5 Å². The molecule has 0 spiro atoms. The number of aliphatic carboxylic acids is 1. The minimum Gasteiger partial charge on any atom is -0.485 e. The molecule has 0 saturated carbocycles. The van der Waals surface area contributed by atoms with Crippen molar-refractivity contribution in [1.29, 1.82) is 0 Å². The highest BCUT2D eigenvalue weighted by Gasteiger charge is 2.24. The van der Waals surface area contributed by atoms with E-state index in [1.54, 1.807) is 24.3 Å². The van der Waals surface area contributed by atoms with Crippen LogP contribution in [0.2, 0.25) is 0 Å². The van der Waals surface area contributed by atoms with Crippen LogP contribution in [0.25, 0.3) is 0 Å². The number of carboxylic acid groups (broad SMARTS) is 1. The van der Waals surface area contributed by atoms with E-state index in [4.69, 9.17) is 14.6 Å². The fourth-order valence-electron chi connectivity index (χ4n) is 2.20. The summed E-state index contributed by atoms with van der Waals surface area (Å²) in [5.74, 6) is -1.67. The summed E-state index contributed by atoms with van der Waals surface area (Å²) in [4.78, 5) is 22.7. The number of carbonyl (C=O) groups is 2. The van der Waals surface area contributed by atoms with Crippen LogP contribution in [0.15, 0.2) is 54.6 Å². The van der Waals surface area contributed by atoms with Gasteiger partial charge in [0, 0.05) is 6.42 Å². The smallest absolute Gasteiger partial charge is 0.326 e. The molecule has 0 fully saturated rings. The second-order valence-corrected chi connectivity index (χ2v) is 5.59. The highest BCUT2D eigenvalue weighted by Crippen LogP contribution is 2.27. The summed E-state index contributed by atoms with van der Waals surface area (Å²) >= 11 is 0. The van der Waals surface area contributed by atoms with Crippen molar-refractivity contribution in [2.24, 2.45) is 0 Å². The van der Waals surface area contributed by atoms with E-state index in [-0.39, 0.29) is 5.75 Å². The van der Waals surface area contributed by atoms with E-state index < -0.39 is 37.4 Å². The molecule has 8 heteroatoms. The Hall–Kier alpha value is -3.16. The highest BCUT2D eigenvalue weighted by atomic mass is 19.3. The lowest BCUT2D eigenvalue weighted by Crippen LogP contribution is -2.44. The third-order valence-electron chi connectivity index (χ3n) is 3.49. The zero-order valence-corrected chi connectivity index (χ0v) is 14.3. The van der Waals surface area contributed by atoms with E-state index in [1.165, 1.54) is 0 Å². The number of nitrogens with one attached hydrogen (secondary N) is 1. The van der Waals surface area contributed by atoms with Crippen molar-refractivity contribution in [3.05, 3.63) is 60.2 Å². The second-order valence-electron chi connectivity index (χ2n) is 5.59. The molecule has 0 radical (unpaired) electrons. The molecule has 1 amide bonds. The zero-order chi connectivity index (χ0) is 19.6. The van der Waals surface area contributed by atoms with Gasteiger partial charge in [0.25, 0.3) is 5.91 Å². The molecular weight excluding hydrogens is 360 g/mol. The van der Waals surface area contributed by atoms with Crippen LogP contribution in [0.3, 0.4) is 0 Å². The number of alkyl halides is 2. The van der Waals surface area contributed by atoms with E-state index in [2.05, 4.69) is 0 Å². The molecule has 144 valence electrons. The van der Waals surface area contributed by atoms with Gasteiger partial charge in [-0.3, -0.25) is 4.79 Å². The van der Waals surface area contributed by atoms with Gasteiger partial charge in [-0.15, -0.1) is 0 Å². The number of benzene rings is 2. The Morgan fingerprint density at radius 2 is 1.56 bits per heavy atom. The van der Waals surface area contributed by atoms with Gasteiger partial charge in [0.1, 0.15) is 12.6 Å². The Bertz CT molecular complexity index is 755. The Kier molecular flexibility index (Phi) is 7.54. The highest BCUT2D eigenvalue weighted by molar-refractivity contribution is 5.84. The van der Waals surface area contributed by atoms with Gasteiger partial charge in [-0.25, -0.2) is 13.6 Å². The molecule has 2 aromatic rings. The molecule has 2 N–H and O–H groups in total. The first kappa shape index (κ1) is 20.2. The van der Waals surface area contributed by atoms with Crippen molar-refractivity contribution in [3.63, 3.8) is 0 Å². The number of ether oxygens (including phenoxy) is 2. The van der Waals surface area contributed by atoms with Gasteiger partial charge in [0.2, 0.25) is 6.43 Å². The Morgan fingerprint density at radius 1 is 0.963 bits per heavy atom. The zero-order valence-electron chi connectivity index (χ0n) is 14.3. The number of hydrogen-bond acceptors (Lipinski definition) is 4. The number of para-hydroxylation sites is 2. The number of carboxylic acids is 1. The van der Waals surface area contributed by atoms with Crippen LogP contribution >= 0.6 is 0 Å². The molecular formula is C19H19F2NO5. The van der Waals surface area contributed by atoms with Crippen molar-refractivity contribution in [1.82, 2.24) is 5.32 Å². The minimum absolute atomic E-state index is 0.282. The van der Waals surface area contributed by atoms with Crippen molar-refractivity contribution in [3.8, 4) is 11.5 Å². The standard InChI is InChI=1S/C19H19F2NO5/c20-17(21)10-14(19(24)25)22-18(23)12-27-16-9-5-4-8-15(16)26-11-13-6-2-1-3-7-13/h1-9,14,17H,10-12H2,(H,22,23)(H,24,25). The predicted octanol–water partition coefficient (Wildman–Crippen LogP) is 2.87. The second kappa shape index (κ2) is 10.1. The summed E-state index contributed by atoms with van der Waals surface area (Å²) in [5, 5.41) is 10.9. The Labute approximate surface area is 154 Å². The fourth-order valence-corrected chi connectivity index (χ4v) is 2.20. The molecule has 0 saturated heterocycles. The van der Waals surface area contributed by atoms with Gasteiger partial charge in [-0.1, -0.05) is 42.5 Å². The lowest BCUT2D eigenvalue weighted by atomic mass is 10.2. The molecule has 0 aliphatic rings. The van der Waals surface area contributed by atoms with Crippen LogP contribution in [0.4, 0.5) is 8.78 Å². The number of hydrogen-bond donors (Lipinski definition) is 2. The normalized spacial score (nSPS) is 11.7. The lowest BCUT2D eigenvalue weighted by Gasteiger charge is -2.15. The first-order chi connectivity index (χ1) is 13.0. The van der Waals surface area contributed by atoms with Crippen molar-refractivity contribution in [2.75, 3.05) is 6.61 Å². The topological polar surface area (TPSA) is 84.9 Å². The molecule has 0 heterocycles. The van der Waals surface area contributed by atoms with Crippen LogP contribution < -0.4 is 14.8 Å². The van der Waals surface area contributed by atoms with Gasteiger partial charge < -0.3 is 19.9 Å². The SMILES string of the molecule is O=C(COc1ccccc1OCc1ccccc1)NC(CC(F)F)C(=O)O. The number of rotatable bonds is 10. The van der Waals surface area contributed by atoms with Gasteiger partial charge in [0.05, 0.1) is 0 Å². The molecule has 1 unspecified atom stereocenters. The average molecular weight is 379 g/mol. The van der Waals surface area contributed by atoms with E-state index in [0.717, 1.165) is 5.56 Å². The maximum atomic E-state index is 12.4. The maximum absolute atomic E-state index is 12.4. The van der Waals surface area contributed by atoms with E-state index in [9.17, 15) is 18.4 Å². The molecule has 0 aromatic heterocycles. The van der Waals surface area contributed by atoms with Crippen molar-refractivity contribution >= 4 is 11.9 Å². The van der Waals surface area contributed by atoms with Gasteiger partial charge in [-0.2, -0.15) is 0 Å². The monoisotopic (exact) mass is 379 g/mol. The van der Waals surface area contributed by atoms with Crippen LogP contribution in [-0.2, 0) is 16.2 Å². The van der Waals surface area contributed by atoms with E-state index in [0.29, 0.717) is 12.4 Å². The third kappa shape index (κ3) is 6.93. The van der Waals surface area contributed by atoms with E-state index in [1.807, 2.05) is 35.6 Å². The van der Waals surface area contributed by atoms with Crippen LogP contribution in [0.1, 0.15) is 12.0 Å². The maximum Gasteiger partial charge on any atom is 0.326 e. The molecule has 1 atom stereocenters. The van der Waals surface area contributed by atoms with Crippen LogP contribution in [-0.4, -0.2) is 36.1 Å². The summed E-state index contributed by atoms with van der Waals surface area (Å²) in [7, 11) is 0. The average Bonchev–Trinajstić information content (AvgIpc) is 2.65. The molecule has 2 aromatic carbocycles. The Morgan fingerprint density at radius 3 is 2.15 bits per heavy atom. The number of carbonyl (C=O) groups excluding carboxylic acids is 1. The summed E-state index contributed by atoms with van der Waals surface area (Å²) in [6.07, 6.45) is -3.82. The quantitative estimate of drug-likeness (QED) is 0.663. The number of halogens is 2. The summed E-state index contributed by atoms with van der Waals surface area (Å²) < 4.78 is 35.8. The molecule has 0 aliphatic heterocycles. The Balaban J connectivity index is 1.91. The van der Waals surface area contributed by atoms with Gasteiger partial charge in [-0.05, 0) is 17.7 Å². The summed E-state index contributed by atoms with van der Waals surface area (Å²) in [6.45, 7) is -0.235.